The van der Waals surface area contributed by atoms with Gasteiger partial charge in [-0.2, -0.15) is 9.78 Å². The fourth-order valence-electron chi connectivity index (χ4n) is 3.95. The Bertz CT molecular complexity index is 1150. The highest BCUT2D eigenvalue weighted by Gasteiger charge is 2.28. The van der Waals surface area contributed by atoms with Crippen molar-refractivity contribution in [3.8, 4) is 5.82 Å². The predicted molar refractivity (Wildman–Crippen MR) is 128 cm³/mol. The van der Waals surface area contributed by atoms with E-state index in [2.05, 4.69) is 49.0 Å². The van der Waals surface area contributed by atoms with Crippen molar-refractivity contribution in [3.05, 3.63) is 32.8 Å². The maximum atomic E-state index is 13.0. The van der Waals surface area contributed by atoms with E-state index in [1.807, 2.05) is 20.8 Å². The van der Waals surface area contributed by atoms with E-state index >= 15 is 0 Å². The van der Waals surface area contributed by atoms with Gasteiger partial charge in [-0.15, -0.1) is 28.8 Å². The SMILES string of the molecule is C/C(=N/NC(=O)c1nnn(-c2nonc2N)c1CN1CCCCC1C)c1cc(C)sc1C.Cl. The van der Waals surface area contributed by atoms with Crippen molar-refractivity contribution in [1.82, 2.24) is 35.6 Å². The van der Waals surface area contributed by atoms with E-state index in [9.17, 15) is 4.79 Å². The first kappa shape index (κ1) is 24.8. The number of carbonyl (C=O) groups is 1. The molecule has 0 bridgehead atoms. The second-order valence-corrected chi connectivity index (χ2v) is 9.51. The molecule has 1 amide bonds. The summed E-state index contributed by atoms with van der Waals surface area (Å²) in [5, 5.41) is 20.0. The lowest BCUT2D eigenvalue weighted by molar-refractivity contribution is 0.0944. The van der Waals surface area contributed by atoms with Crippen LogP contribution in [0.4, 0.5) is 5.82 Å². The third kappa shape index (κ3) is 5.23. The van der Waals surface area contributed by atoms with Gasteiger partial charge in [-0.25, -0.2) is 10.1 Å². The molecule has 0 spiro atoms. The molecule has 3 aromatic rings. The summed E-state index contributed by atoms with van der Waals surface area (Å²) < 4.78 is 6.15. The van der Waals surface area contributed by atoms with Crippen LogP contribution in [-0.2, 0) is 6.54 Å². The van der Waals surface area contributed by atoms with Crippen molar-refractivity contribution in [2.24, 2.45) is 5.10 Å². The lowest BCUT2D eigenvalue weighted by Crippen LogP contribution is -2.38. The van der Waals surface area contributed by atoms with Crippen LogP contribution in [-0.4, -0.2) is 54.4 Å². The fourth-order valence-corrected chi connectivity index (χ4v) is 4.93. The second kappa shape index (κ2) is 10.4. The number of aromatic nitrogens is 5. The number of anilines is 1. The minimum absolute atomic E-state index is 0. The van der Waals surface area contributed by atoms with E-state index in [1.165, 1.54) is 16.0 Å². The number of rotatable bonds is 6. The Labute approximate surface area is 201 Å². The number of amides is 1. The zero-order valence-electron chi connectivity index (χ0n) is 19.0. The van der Waals surface area contributed by atoms with Crippen LogP contribution in [0.25, 0.3) is 5.82 Å². The second-order valence-electron chi connectivity index (χ2n) is 8.05. The summed E-state index contributed by atoms with van der Waals surface area (Å²) in [4.78, 5) is 17.7. The summed E-state index contributed by atoms with van der Waals surface area (Å²) in [7, 11) is 0. The van der Waals surface area contributed by atoms with Crippen molar-refractivity contribution in [1.29, 1.82) is 0 Å². The van der Waals surface area contributed by atoms with Crippen molar-refractivity contribution < 1.29 is 9.42 Å². The number of carbonyl (C=O) groups excluding carboxylic acids is 1. The number of hydrogen-bond donors (Lipinski definition) is 2. The maximum Gasteiger partial charge on any atom is 0.293 e. The third-order valence-electron chi connectivity index (χ3n) is 5.72. The first-order chi connectivity index (χ1) is 15.3. The van der Waals surface area contributed by atoms with E-state index < -0.39 is 5.91 Å². The average Bonchev–Trinajstić information content (AvgIpc) is 3.45. The van der Waals surface area contributed by atoms with Gasteiger partial charge in [0.25, 0.3) is 5.91 Å². The van der Waals surface area contributed by atoms with Gasteiger partial charge in [-0.1, -0.05) is 11.6 Å². The number of halogens is 1. The largest absolute Gasteiger partial charge is 0.378 e. The minimum Gasteiger partial charge on any atom is -0.378 e. The van der Waals surface area contributed by atoms with Crippen LogP contribution in [0.15, 0.2) is 15.8 Å². The molecule has 1 atom stereocenters. The summed E-state index contributed by atoms with van der Waals surface area (Å²) in [5.41, 5.74) is 11.0. The zero-order chi connectivity index (χ0) is 22.8. The number of hydrazone groups is 1. The zero-order valence-corrected chi connectivity index (χ0v) is 20.7. The highest BCUT2D eigenvalue weighted by atomic mass is 35.5. The molecule has 0 saturated carbocycles. The number of nitrogen functional groups attached to an aromatic ring is 1. The van der Waals surface area contributed by atoms with Gasteiger partial charge in [0.1, 0.15) is 0 Å². The third-order valence-corrected chi connectivity index (χ3v) is 6.69. The standard InChI is InChI=1S/C20H27N9O2S.ClH/c1-11-7-5-6-8-28(11)10-16-17(23-27-29(16)19-18(21)25-31-26-19)20(30)24-22-13(3)15-9-12(2)32-14(15)4;/h9,11H,5-8,10H2,1-4H3,(H2,21,25)(H,24,30);1H/b22-13-;. The summed E-state index contributed by atoms with van der Waals surface area (Å²) in [6, 6.07) is 2.44. The van der Waals surface area contributed by atoms with Gasteiger partial charge in [-0.3, -0.25) is 9.69 Å². The molecule has 1 aliphatic rings. The Morgan fingerprint density at radius 3 is 2.79 bits per heavy atom. The van der Waals surface area contributed by atoms with Crippen LogP contribution >= 0.6 is 23.7 Å². The van der Waals surface area contributed by atoms with Crippen LogP contribution < -0.4 is 11.2 Å². The first-order valence-corrected chi connectivity index (χ1v) is 11.4. The number of thiophene rings is 1. The Kier molecular flexibility index (Phi) is 7.82. The number of piperidine rings is 1. The van der Waals surface area contributed by atoms with Crippen LogP contribution in [0, 0.1) is 13.8 Å². The topological polar surface area (TPSA) is 140 Å². The normalized spacial score (nSPS) is 17.1. The van der Waals surface area contributed by atoms with Crippen molar-refractivity contribution in [2.45, 2.75) is 59.5 Å². The molecule has 11 nitrogen and oxygen atoms in total. The van der Waals surface area contributed by atoms with Gasteiger partial charge in [0.2, 0.25) is 11.6 Å². The number of hydrogen-bond acceptors (Lipinski definition) is 10. The summed E-state index contributed by atoms with van der Waals surface area (Å²) in [6.45, 7) is 9.52. The van der Waals surface area contributed by atoms with Gasteiger partial charge < -0.3 is 5.73 Å². The molecular formula is C20H28ClN9O2S. The Balaban J connectivity index is 0.00000306. The highest BCUT2D eigenvalue weighted by Crippen LogP contribution is 2.23. The smallest absolute Gasteiger partial charge is 0.293 e. The molecule has 13 heteroatoms. The van der Waals surface area contributed by atoms with E-state index in [0.29, 0.717) is 18.3 Å². The fraction of sp³-hybridized carbons (Fsp3) is 0.500. The lowest BCUT2D eigenvalue weighted by Gasteiger charge is -2.33. The molecule has 1 saturated heterocycles. The van der Waals surface area contributed by atoms with Crippen LogP contribution in [0.5, 0.6) is 0 Å². The molecule has 4 heterocycles. The molecule has 1 fully saturated rings. The van der Waals surface area contributed by atoms with E-state index in [0.717, 1.165) is 35.5 Å². The first-order valence-electron chi connectivity index (χ1n) is 10.5. The lowest BCUT2D eigenvalue weighted by atomic mass is 10.0. The monoisotopic (exact) mass is 493 g/mol. The molecule has 0 radical (unpaired) electrons. The molecular weight excluding hydrogens is 466 g/mol. The van der Waals surface area contributed by atoms with Crippen LogP contribution in [0.1, 0.15) is 64.6 Å². The average molecular weight is 494 g/mol. The molecule has 178 valence electrons. The Hall–Kier alpha value is -2.83. The number of aryl methyl sites for hydroxylation is 2. The predicted octanol–water partition coefficient (Wildman–Crippen LogP) is 2.86. The summed E-state index contributed by atoms with van der Waals surface area (Å²) in [6.07, 6.45) is 3.39. The Morgan fingerprint density at radius 1 is 1.36 bits per heavy atom. The van der Waals surface area contributed by atoms with E-state index in [1.54, 1.807) is 11.3 Å². The molecule has 3 N–H and O–H groups in total. The summed E-state index contributed by atoms with van der Waals surface area (Å²) >= 11 is 1.70. The molecule has 33 heavy (non-hydrogen) atoms. The summed E-state index contributed by atoms with van der Waals surface area (Å²) in [5.74, 6) is -0.165. The molecule has 4 rings (SSSR count). The Morgan fingerprint density at radius 2 is 2.15 bits per heavy atom. The molecule has 0 aromatic carbocycles. The quantitative estimate of drug-likeness (QED) is 0.394. The van der Waals surface area contributed by atoms with Gasteiger partial charge in [0, 0.05) is 27.9 Å². The number of nitrogens with two attached hydrogens (primary N) is 1. The molecule has 0 aliphatic carbocycles. The number of nitrogens with zero attached hydrogens (tertiary/aromatic N) is 7. The van der Waals surface area contributed by atoms with E-state index in [4.69, 9.17) is 10.4 Å². The molecule has 1 unspecified atom stereocenters. The van der Waals surface area contributed by atoms with Crippen molar-refractivity contribution >= 4 is 41.2 Å². The van der Waals surface area contributed by atoms with Gasteiger partial charge in [-0.05, 0) is 63.5 Å². The van der Waals surface area contributed by atoms with Gasteiger partial charge in [0.15, 0.2) is 5.69 Å². The number of nitrogens with one attached hydrogen (secondary N) is 1. The van der Waals surface area contributed by atoms with Crippen LogP contribution in [0.2, 0.25) is 0 Å². The maximum absolute atomic E-state index is 13.0. The van der Waals surface area contributed by atoms with Crippen LogP contribution in [0.3, 0.4) is 0 Å². The van der Waals surface area contributed by atoms with Gasteiger partial charge >= 0.3 is 0 Å². The van der Waals surface area contributed by atoms with Crippen molar-refractivity contribution in [3.63, 3.8) is 0 Å². The highest BCUT2D eigenvalue weighted by molar-refractivity contribution is 7.12. The van der Waals surface area contributed by atoms with E-state index in [-0.39, 0.29) is 29.7 Å². The number of likely N-dealkylation sites (tertiary alicyclic amines) is 1. The van der Waals surface area contributed by atoms with Gasteiger partial charge in [0.05, 0.1) is 11.4 Å². The minimum atomic E-state index is -0.449. The molecule has 1 aliphatic heterocycles. The van der Waals surface area contributed by atoms with Crippen molar-refractivity contribution in [2.75, 3.05) is 12.3 Å². The molecule has 3 aromatic heterocycles.